The van der Waals surface area contributed by atoms with Gasteiger partial charge in [-0.05, 0) is 36.8 Å². The number of nitriles is 1. The molecular weight excluding hydrogens is 248 g/mol. The molecule has 102 valence electrons. The molecule has 3 aliphatic heterocycles. The first kappa shape index (κ1) is 11.9. The normalized spacial score (nSPS) is 34.8. The summed E-state index contributed by atoms with van der Waals surface area (Å²) in [6.45, 7) is 2.83. The predicted octanol–water partition coefficient (Wildman–Crippen LogP) is 2.35. The summed E-state index contributed by atoms with van der Waals surface area (Å²) < 4.78 is 0.750. The molecule has 1 aliphatic carbocycles. The Morgan fingerprint density at radius 2 is 2.25 bits per heavy atom. The van der Waals surface area contributed by atoms with Crippen LogP contribution in [0.2, 0.25) is 0 Å². The van der Waals surface area contributed by atoms with Crippen molar-refractivity contribution in [1.82, 2.24) is 4.90 Å². The van der Waals surface area contributed by atoms with Crippen molar-refractivity contribution in [3.05, 3.63) is 36.3 Å². The molecule has 0 aromatic rings. The molecule has 0 amide bonds. The molecule has 0 radical (unpaired) electrons. The van der Waals surface area contributed by atoms with Gasteiger partial charge in [-0.25, -0.2) is 4.48 Å². The first-order valence-electron chi connectivity index (χ1n) is 7.48. The zero-order chi connectivity index (χ0) is 13.6. The van der Waals surface area contributed by atoms with E-state index in [0.717, 1.165) is 42.3 Å². The first-order chi connectivity index (χ1) is 9.79. The average Bonchev–Trinajstić information content (AvgIpc) is 3.08. The van der Waals surface area contributed by atoms with Gasteiger partial charge in [0.1, 0.15) is 12.4 Å². The second-order valence-corrected chi connectivity index (χ2v) is 6.33. The van der Waals surface area contributed by atoms with Gasteiger partial charge in [0.2, 0.25) is 5.84 Å². The zero-order valence-electron chi connectivity index (χ0n) is 11.6. The van der Waals surface area contributed by atoms with E-state index in [1.807, 2.05) is 11.1 Å². The third-order valence-corrected chi connectivity index (χ3v) is 4.83. The van der Waals surface area contributed by atoms with Gasteiger partial charge in [-0.3, -0.25) is 0 Å². The SMILES string of the molecule is N#CN1CCC(C[N@@+]23C=CN=C2C=C(C2CC2)C=C3)C1. The maximum absolute atomic E-state index is 8.99. The number of fused-ring (bicyclic) bond motifs is 1. The molecule has 0 spiro atoms. The fraction of sp³-hybridized carbons (Fsp3) is 0.500. The molecule has 0 N–H and O–H groups in total. The van der Waals surface area contributed by atoms with E-state index in [2.05, 4.69) is 35.7 Å². The largest absolute Gasteiger partial charge is 0.310 e. The van der Waals surface area contributed by atoms with Gasteiger partial charge in [0.15, 0.2) is 6.19 Å². The fourth-order valence-corrected chi connectivity index (χ4v) is 3.50. The van der Waals surface area contributed by atoms with Gasteiger partial charge < -0.3 is 4.90 Å². The number of likely N-dealkylation sites (tertiary alicyclic amines) is 1. The summed E-state index contributed by atoms with van der Waals surface area (Å²) in [6, 6.07) is 0. The lowest BCUT2D eigenvalue weighted by Crippen LogP contribution is -2.45. The Labute approximate surface area is 119 Å². The first-order valence-corrected chi connectivity index (χ1v) is 7.48. The van der Waals surface area contributed by atoms with Gasteiger partial charge in [0, 0.05) is 25.1 Å². The van der Waals surface area contributed by atoms with E-state index in [0.29, 0.717) is 5.92 Å². The van der Waals surface area contributed by atoms with Crippen molar-refractivity contribution in [1.29, 1.82) is 5.26 Å². The molecule has 1 unspecified atom stereocenters. The van der Waals surface area contributed by atoms with Crippen molar-refractivity contribution in [3.8, 4) is 6.19 Å². The van der Waals surface area contributed by atoms with Gasteiger partial charge in [-0.15, -0.1) is 0 Å². The molecule has 1 saturated heterocycles. The van der Waals surface area contributed by atoms with Gasteiger partial charge in [0.05, 0.1) is 12.7 Å². The highest BCUT2D eigenvalue weighted by Crippen LogP contribution is 2.40. The van der Waals surface area contributed by atoms with Crippen molar-refractivity contribution in [2.24, 2.45) is 16.8 Å². The van der Waals surface area contributed by atoms with Crippen LogP contribution in [0.15, 0.2) is 41.3 Å². The van der Waals surface area contributed by atoms with E-state index in [1.54, 1.807) is 0 Å². The predicted molar refractivity (Wildman–Crippen MR) is 76.9 cm³/mol. The van der Waals surface area contributed by atoms with E-state index in [9.17, 15) is 0 Å². The highest BCUT2D eigenvalue weighted by molar-refractivity contribution is 5.92. The third kappa shape index (κ3) is 1.90. The van der Waals surface area contributed by atoms with Crippen molar-refractivity contribution < 1.29 is 4.48 Å². The number of hydrogen-bond donors (Lipinski definition) is 0. The Bertz CT molecular complexity index is 588. The Hall–Kier alpha value is -1.86. The lowest BCUT2D eigenvalue weighted by Gasteiger charge is -2.31. The van der Waals surface area contributed by atoms with Crippen molar-refractivity contribution >= 4 is 5.84 Å². The van der Waals surface area contributed by atoms with Gasteiger partial charge in [-0.1, -0.05) is 0 Å². The molecule has 4 heteroatoms. The molecule has 1 saturated carbocycles. The molecule has 4 aliphatic rings. The molecule has 0 bridgehead atoms. The van der Waals surface area contributed by atoms with Crippen LogP contribution in [0.1, 0.15) is 19.3 Å². The molecular formula is C16H19N4+. The van der Waals surface area contributed by atoms with Crippen LogP contribution in [-0.4, -0.2) is 34.9 Å². The Balaban J connectivity index is 1.53. The summed E-state index contributed by atoms with van der Waals surface area (Å²) in [7, 11) is 0. The maximum Gasteiger partial charge on any atom is 0.237 e. The molecule has 2 fully saturated rings. The molecule has 0 aromatic heterocycles. The summed E-state index contributed by atoms with van der Waals surface area (Å²) in [5.41, 5.74) is 1.45. The van der Waals surface area contributed by atoms with E-state index >= 15 is 0 Å². The number of rotatable bonds is 3. The number of allylic oxidation sites excluding steroid dienone is 2. The van der Waals surface area contributed by atoms with Gasteiger partial charge in [0.25, 0.3) is 0 Å². The quantitative estimate of drug-likeness (QED) is 0.581. The number of hydrogen-bond acceptors (Lipinski definition) is 3. The summed E-state index contributed by atoms with van der Waals surface area (Å²) in [4.78, 5) is 6.45. The fourth-order valence-electron chi connectivity index (χ4n) is 3.50. The van der Waals surface area contributed by atoms with Crippen molar-refractivity contribution in [2.75, 3.05) is 19.6 Å². The van der Waals surface area contributed by atoms with Crippen LogP contribution in [0.3, 0.4) is 0 Å². The minimum Gasteiger partial charge on any atom is -0.310 e. The van der Waals surface area contributed by atoms with E-state index in [-0.39, 0.29) is 0 Å². The second kappa shape index (κ2) is 4.32. The minimum atomic E-state index is 0.572. The highest BCUT2D eigenvalue weighted by atomic mass is 15.4. The average molecular weight is 267 g/mol. The van der Waals surface area contributed by atoms with Gasteiger partial charge >= 0.3 is 0 Å². The topological polar surface area (TPSA) is 39.4 Å². The number of aliphatic imine (C=N–C) groups is 1. The third-order valence-electron chi connectivity index (χ3n) is 4.83. The molecule has 4 rings (SSSR count). The maximum atomic E-state index is 8.99. The van der Waals surface area contributed by atoms with E-state index in [1.165, 1.54) is 18.4 Å². The van der Waals surface area contributed by atoms with Crippen LogP contribution in [0, 0.1) is 23.3 Å². The summed E-state index contributed by atoms with van der Waals surface area (Å²) in [5.74, 6) is 2.50. The van der Waals surface area contributed by atoms with Crippen molar-refractivity contribution in [3.63, 3.8) is 0 Å². The smallest absolute Gasteiger partial charge is 0.237 e. The van der Waals surface area contributed by atoms with Crippen molar-refractivity contribution in [2.45, 2.75) is 19.3 Å². The van der Waals surface area contributed by atoms with Crippen LogP contribution < -0.4 is 0 Å². The Morgan fingerprint density at radius 3 is 3.00 bits per heavy atom. The van der Waals surface area contributed by atoms with Crippen LogP contribution in [0.4, 0.5) is 0 Å². The summed E-state index contributed by atoms with van der Waals surface area (Å²) in [5, 5.41) is 8.99. The highest BCUT2D eigenvalue weighted by Gasteiger charge is 2.40. The Kier molecular flexibility index (Phi) is 2.58. The van der Waals surface area contributed by atoms with E-state index in [4.69, 9.17) is 5.26 Å². The van der Waals surface area contributed by atoms with Crippen LogP contribution in [0.25, 0.3) is 0 Å². The molecule has 0 aromatic carbocycles. The zero-order valence-corrected chi connectivity index (χ0v) is 11.6. The number of nitrogens with zero attached hydrogens (tertiary/aromatic N) is 4. The van der Waals surface area contributed by atoms with Gasteiger partial charge in [-0.2, -0.15) is 10.3 Å². The molecule has 20 heavy (non-hydrogen) atoms. The second-order valence-electron chi connectivity index (χ2n) is 6.33. The minimum absolute atomic E-state index is 0.572. The summed E-state index contributed by atoms with van der Waals surface area (Å²) >= 11 is 0. The lowest BCUT2D eigenvalue weighted by atomic mass is 10.0. The molecule has 4 nitrogen and oxygen atoms in total. The summed E-state index contributed by atoms with van der Waals surface area (Å²) in [6.07, 6.45) is 17.0. The number of quaternary nitrogens is 1. The van der Waals surface area contributed by atoms with Crippen LogP contribution in [-0.2, 0) is 0 Å². The monoisotopic (exact) mass is 267 g/mol. The lowest BCUT2D eigenvalue weighted by molar-refractivity contribution is -0.733. The number of amidine groups is 1. The molecule has 3 heterocycles. The van der Waals surface area contributed by atoms with Crippen LogP contribution in [0.5, 0.6) is 0 Å². The van der Waals surface area contributed by atoms with E-state index < -0.39 is 0 Å². The standard InChI is InChI=1S/C16H19N4/c17-12-19-6-3-13(10-19)11-20-7-4-15(14-1-2-14)9-16(20)18-5-8-20/h4-5,7-9,13-14H,1-3,6,10-11H2/q+1/t13?,20-/m1/s1. The molecule has 2 atom stereocenters. The van der Waals surface area contributed by atoms with Crippen LogP contribution >= 0.6 is 0 Å². The Morgan fingerprint density at radius 1 is 1.35 bits per heavy atom.